The minimum absolute atomic E-state index is 0.296. The largest absolute Gasteiger partial charge is 0.313 e. The molecule has 2 unspecified atom stereocenters. The van der Waals surface area contributed by atoms with Crippen molar-refractivity contribution in [1.82, 2.24) is 5.32 Å². The summed E-state index contributed by atoms with van der Waals surface area (Å²) >= 11 is 0. The van der Waals surface area contributed by atoms with E-state index < -0.39 is 0 Å². The molecule has 0 aromatic heterocycles. The molecule has 0 amide bonds. The van der Waals surface area contributed by atoms with Crippen LogP contribution in [0.5, 0.6) is 0 Å². The molecule has 0 spiro atoms. The van der Waals surface area contributed by atoms with Crippen LogP contribution in [-0.4, -0.2) is 18.4 Å². The molecular weight excluding hydrogens is 126 g/mol. The van der Waals surface area contributed by atoms with Crippen molar-refractivity contribution in [3.05, 3.63) is 12.2 Å². The molecule has 1 saturated heterocycles. The molecule has 0 aromatic rings. The van der Waals surface area contributed by atoms with Crippen LogP contribution in [0.2, 0.25) is 0 Å². The van der Waals surface area contributed by atoms with E-state index >= 15 is 0 Å². The number of carbonyl (C=O) groups excluding carboxylic acids is 1. The van der Waals surface area contributed by atoms with Crippen LogP contribution < -0.4 is 5.32 Å². The summed E-state index contributed by atoms with van der Waals surface area (Å²) in [6.45, 7) is 1.02. The number of nitrogens with one attached hydrogen (secondary N) is 1. The zero-order valence-electron chi connectivity index (χ0n) is 5.84. The average molecular weight is 137 g/mol. The fourth-order valence-corrected chi connectivity index (χ4v) is 1.81. The van der Waals surface area contributed by atoms with Gasteiger partial charge in [0.15, 0.2) is 5.78 Å². The van der Waals surface area contributed by atoms with Gasteiger partial charge < -0.3 is 5.32 Å². The molecule has 0 aromatic carbocycles. The molecule has 2 rings (SSSR count). The van der Waals surface area contributed by atoms with E-state index in [0.29, 0.717) is 17.7 Å². The highest BCUT2D eigenvalue weighted by molar-refractivity contribution is 5.93. The number of fused-ring (bicyclic) bond motifs is 1. The van der Waals surface area contributed by atoms with Gasteiger partial charge in [-0.25, -0.2) is 0 Å². The Morgan fingerprint density at radius 2 is 2.50 bits per heavy atom. The lowest BCUT2D eigenvalue weighted by Crippen LogP contribution is -2.32. The zero-order valence-corrected chi connectivity index (χ0v) is 5.84. The van der Waals surface area contributed by atoms with Crippen LogP contribution in [-0.2, 0) is 4.79 Å². The smallest absolute Gasteiger partial charge is 0.160 e. The third-order valence-electron chi connectivity index (χ3n) is 2.39. The Morgan fingerprint density at radius 3 is 3.30 bits per heavy atom. The van der Waals surface area contributed by atoms with Crippen LogP contribution in [0.1, 0.15) is 12.8 Å². The molecule has 54 valence electrons. The molecule has 2 atom stereocenters. The van der Waals surface area contributed by atoms with E-state index in [1.807, 2.05) is 6.08 Å². The molecule has 1 N–H and O–H groups in total. The monoisotopic (exact) mass is 137 g/mol. The summed E-state index contributed by atoms with van der Waals surface area (Å²) in [5.74, 6) is 0.617. The van der Waals surface area contributed by atoms with Gasteiger partial charge in [-0.3, -0.25) is 4.79 Å². The van der Waals surface area contributed by atoms with Crippen molar-refractivity contribution in [2.45, 2.75) is 18.9 Å². The normalized spacial score (nSPS) is 38.2. The highest BCUT2D eigenvalue weighted by Crippen LogP contribution is 2.23. The van der Waals surface area contributed by atoms with Gasteiger partial charge in [0, 0.05) is 12.0 Å². The van der Waals surface area contributed by atoms with E-state index in [2.05, 4.69) is 5.32 Å². The maximum absolute atomic E-state index is 11.1. The Morgan fingerprint density at radius 1 is 1.60 bits per heavy atom. The summed E-state index contributed by atoms with van der Waals surface area (Å²) in [7, 11) is 0. The van der Waals surface area contributed by atoms with E-state index in [4.69, 9.17) is 0 Å². The zero-order chi connectivity index (χ0) is 6.97. The van der Waals surface area contributed by atoms with Gasteiger partial charge in [-0.05, 0) is 25.5 Å². The summed E-state index contributed by atoms with van der Waals surface area (Å²) in [5.41, 5.74) is 0. The van der Waals surface area contributed by atoms with Crippen LogP contribution >= 0.6 is 0 Å². The third-order valence-corrected chi connectivity index (χ3v) is 2.39. The first-order valence-electron chi connectivity index (χ1n) is 3.82. The lowest BCUT2D eigenvalue weighted by atomic mass is 9.89. The average Bonchev–Trinajstić information content (AvgIpc) is 2.36. The van der Waals surface area contributed by atoms with Crippen LogP contribution in [0, 0.1) is 5.92 Å². The Bertz CT molecular complexity index is 186. The quantitative estimate of drug-likeness (QED) is 0.526. The van der Waals surface area contributed by atoms with Gasteiger partial charge in [0.2, 0.25) is 0 Å². The van der Waals surface area contributed by atoms with Crippen molar-refractivity contribution in [2.24, 2.45) is 5.92 Å². The van der Waals surface area contributed by atoms with Crippen molar-refractivity contribution >= 4 is 5.78 Å². The van der Waals surface area contributed by atoms with Gasteiger partial charge in [-0.1, -0.05) is 6.08 Å². The van der Waals surface area contributed by atoms with Crippen molar-refractivity contribution in [3.8, 4) is 0 Å². The molecule has 1 aliphatic heterocycles. The summed E-state index contributed by atoms with van der Waals surface area (Å²) in [6.07, 6.45) is 5.78. The molecule has 2 aliphatic rings. The van der Waals surface area contributed by atoms with Gasteiger partial charge in [-0.15, -0.1) is 0 Å². The Hall–Kier alpha value is -0.630. The van der Waals surface area contributed by atoms with Gasteiger partial charge in [0.05, 0.1) is 0 Å². The number of hydrogen-bond donors (Lipinski definition) is 1. The SMILES string of the molecule is O=C1C=CCC2NCCC12. The van der Waals surface area contributed by atoms with Crippen LogP contribution in [0.25, 0.3) is 0 Å². The standard InChI is InChI=1S/C8H11NO/c10-8-3-1-2-7-6(8)4-5-9-7/h1,3,6-7,9H,2,4-5H2. The highest BCUT2D eigenvalue weighted by atomic mass is 16.1. The lowest BCUT2D eigenvalue weighted by Gasteiger charge is -2.18. The van der Waals surface area contributed by atoms with E-state index in [1.54, 1.807) is 6.08 Å². The van der Waals surface area contributed by atoms with Gasteiger partial charge >= 0.3 is 0 Å². The maximum Gasteiger partial charge on any atom is 0.160 e. The number of hydrogen-bond acceptors (Lipinski definition) is 2. The highest BCUT2D eigenvalue weighted by Gasteiger charge is 2.32. The summed E-state index contributed by atoms with van der Waals surface area (Å²) in [5, 5.41) is 3.32. The Labute approximate surface area is 60.3 Å². The van der Waals surface area contributed by atoms with Crippen molar-refractivity contribution < 1.29 is 4.79 Å². The Kier molecular flexibility index (Phi) is 1.34. The minimum atomic E-state index is 0.296. The molecule has 0 saturated carbocycles. The van der Waals surface area contributed by atoms with Crippen molar-refractivity contribution in [1.29, 1.82) is 0 Å². The molecule has 1 fully saturated rings. The van der Waals surface area contributed by atoms with Crippen LogP contribution in [0.15, 0.2) is 12.2 Å². The summed E-state index contributed by atoms with van der Waals surface area (Å²) < 4.78 is 0. The Balaban J connectivity index is 2.20. The second kappa shape index (κ2) is 2.20. The fraction of sp³-hybridized carbons (Fsp3) is 0.625. The number of rotatable bonds is 0. The van der Waals surface area contributed by atoms with Gasteiger partial charge in [-0.2, -0.15) is 0 Å². The predicted molar refractivity (Wildman–Crippen MR) is 38.7 cm³/mol. The molecule has 0 radical (unpaired) electrons. The molecular formula is C8H11NO. The fourth-order valence-electron chi connectivity index (χ4n) is 1.81. The van der Waals surface area contributed by atoms with E-state index in [1.165, 1.54) is 0 Å². The molecule has 1 aliphatic carbocycles. The topological polar surface area (TPSA) is 29.1 Å². The number of allylic oxidation sites excluding steroid dienone is 1. The van der Waals surface area contributed by atoms with Gasteiger partial charge in [0.1, 0.15) is 0 Å². The second-order valence-corrected chi connectivity index (χ2v) is 3.00. The second-order valence-electron chi connectivity index (χ2n) is 3.00. The summed E-state index contributed by atoms with van der Waals surface area (Å²) in [6, 6.07) is 0.456. The number of ketones is 1. The third kappa shape index (κ3) is 0.797. The first-order chi connectivity index (χ1) is 4.88. The van der Waals surface area contributed by atoms with E-state index in [0.717, 1.165) is 19.4 Å². The molecule has 1 heterocycles. The maximum atomic E-state index is 11.1. The lowest BCUT2D eigenvalue weighted by molar-refractivity contribution is -0.118. The first-order valence-corrected chi connectivity index (χ1v) is 3.82. The van der Waals surface area contributed by atoms with E-state index in [-0.39, 0.29) is 0 Å². The molecule has 10 heavy (non-hydrogen) atoms. The van der Waals surface area contributed by atoms with Crippen LogP contribution in [0.4, 0.5) is 0 Å². The van der Waals surface area contributed by atoms with Crippen LogP contribution in [0.3, 0.4) is 0 Å². The van der Waals surface area contributed by atoms with Crippen molar-refractivity contribution in [3.63, 3.8) is 0 Å². The predicted octanol–water partition coefficient (Wildman–Crippen LogP) is 0.493. The van der Waals surface area contributed by atoms with E-state index in [9.17, 15) is 4.79 Å². The van der Waals surface area contributed by atoms with Crippen molar-refractivity contribution in [2.75, 3.05) is 6.54 Å². The molecule has 0 bridgehead atoms. The summed E-state index contributed by atoms with van der Waals surface area (Å²) in [4.78, 5) is 11.1. The molecule has 2 nitrogen and oxygen atoms in total. The minimum Gasteiger partial charge on any atom is -0.313 e. The first kappa shape index (κ1) is 6.10. The van der Waals surface area contributed by atoms with Gasteiger partial charge in [0.25, 0.3) is 0 Å². The number of carbonyl (C=O) groups is 1. The molecule has 2 heteroatoms.